The summed E-state index contributed by atoms with van der Waals surface area (Å²) in [5, 5.41) is 5.90. The third kappa shape index (κ3) is 4.90. The summed E-state index contributed by atoms with van der Waals surface area (Å²) in [6, 6.07) is 6.52. The lowest BCUT2D eigenvalue weighted by atomic mass is 10.1. The molecule has 1 aliphatic rings. The molecule has 0 saturated heterocycles. The highest BCUT2D eigenvalue weighted by atomic mass is 32.1. The first-order chi connectivity index (χ1) is 9.20. The minimum absolute atomic E-state index is 0.611. The van der Waals surface area contributed by atoms with Crippen LogP contribution in [0.1, 0.15) is 51.3 Å². The number of hydrogen-bond acceptors (Lipinski definition) is 3. The van der Waals surface area contributed by atoms with Crippen LogP contribution in [-0.4, -0.2) is 29.6 Å². The number of thiophene rings is 1. The predicted octanol–water partition coefficient (Wildman–Crippen LogP) is 3.88. The molecule has 1 N–H and O–H groups in total. The third-order valence-electron chi connectivity index (χ3n) is 3.89. The zero-order chi connectivity index (χ0) is 13.7. The summed E-state index contributed by atoms with van der Waals surface area (Å²) in [5.74, 6) is 0. The van der Waals surface area contributed by atoms with Crippen molar-refractivity contribution in [1.29, 1.82) is 0 Å². The first-order valence-electron chi connectivity index (χ1n) is 7.72. The van der Waals surface area contributed by atoms with Gasteiger partial charge >= 0.3 is 0 Å². The SMILES string of the molecule is CCCC(CNC1CC1)N(Cc1cccs1)C(C)C. The van der Waals surface area contributed by atoms with E-state index in [1.165, 1.54) is 30.6 Å². The van der Waals surface area contributed by atoms with E-state index in [1.54, 1.807) is 0 Å². The maximum absolute atomic E-state index is 3.72. The molecule has 3 heteroatoms. The van der Waals surface area contributed by atoms with Gasteiger partial charge in [-0.25, -0.2) is 0 Å². The van der Waals surface area contributed by atoms with E-state index in [0.29, 0.717) is 12.1 Å². The molecule has 0 spiro atoms. The normalized spacial score (nSPS) is 17.3. The van der Waals surface area contributed by atoms with Gasteiger partial charge in [-0.2, -0.15) is 0 Å². The van der Waals surface area contributed by atoms with Crippen LogP contribution in [0.4, 0.5) is 0 Å². The zero-order valence-electron chi connectivity index (χ0n) is 12.6. The molecule has 1 aromatic heterocycles. The summed E-state index contributed by atoms with van der Waals surface area (Å²) in [4.78, 5) is 4.16. The summed E-state index contributed by atoms with van der Waals surface area (Å²) in [5.41, 5.74) is 0. The van der Waals surface area contributed by atoms with E-state index in [1.807, 2.05) is 11.3 Å². The fraction of sp³-hybridized carbons (Fsp3) is 0.750. The van der Waals surface area contributed by atoms with Crippen molar-refractivity contribution in [3.63, 3.8) is 0 Å². The summed E-state index contributed by atoms with van der Waals surface area (Å²) in [7, 11) is 0. The summed E-state index contributed by atoms with van der Waals surface area (Å²) >= 11 is 1.88. The molecule has 0 aromatic carbocycles. The fourth-order valence-electron chi connectivity index (χ4n) is 2.62. The molecular formula is C16H28N2S. The lowest BCUT2D eigenvalue weighted by Crippen LogP contribution is -2.45. The summed E-state index contributed by atoms with van der Waals surface area (Å²) in [6.45, 7) is 9.21. The maximum atomic E-state index is 3.72. The quantitative estimate of drug-likeness (QED) is 0.738. The van der Waals surface area contributed by atoms with Crippen molar-refractivity contribution in [1.82, 2.24) is 10.2 Å². The van der Waals surface area contributed by atoms with E-state index in [4.69, 9.17) is 0 Å². The lowest BCUT2D eigenvalue weighted by Gasteiger charge is -2.35. The van der Waals surface area contributed by atoms with E-state index in [0.717, 1.165) is 19.1 Å². The highest BCUT2D eigenvalue weighted by Gasteiger charge is 2.25. The zero-order valence-corrected chi connectivity index (χ0v) is 13.4. The topological polar surface area (TPSA) is 15.3 Å². The Balaban J connectivity index is 1.94. The standard InChI is InChI=1S/C16H28N2S/c1-4-6-15(11-17-14-8-9-14)18(13(2)3)12-16-7-5-10-19-16/h5,7,10,13-15,17H,4,6,8-9,11-12H2,1-3H3. The van der Waals surface area contributed by atoms with Crippen LogP contribution in [0.2, 0.25) is 0 Å². The first-order valence-corrected chi connectivity index (χ1v) is 8.60. The van der Waals surface area contributed by atoms with Crippen LogP contribution in [0, 0.1) is 0 Å². The van der Waals surface area contributed by atoms with Gasteiger partial charge in [0.1, 0.15) is 0 Å². The van der Waals surface area contributed by atoms with Gasteiger partial charge in [-0.15, -0.1) is 11.3 Å². The molecule has 19 heavy (non-hydrogen) atoms. The molecule has 0 bridgehead atoms. The van der Waals surface area contributed by atoms with Gasteiger partial charge in [-0.05, 0) is 44.6 Å². The number of rotatable bonds is 9. The van der Waals surface area contributed by atoms with Gasteiger partial charge in [-0.1, -0.05) is 19.4 Å². The molecule has 1 fully saturated rings. The van der Waals surface area contributed by atoms with Gasteiger partial charge < -0.3 is 5.32 Å². The minimum atomic E-state index is 0.611. The van der Waals surface area contributed by atoms with E-state index in [2.05, 4.69) is 48.5 Å². The molecule has 0 radical (unpaired) electrons. The van der Waals surface area contributed by atoms with Crippen LogP contribution in [-0.2, 0) is 6.54 Å². The fourth-order valence-corrected chi connectivity index (χ4v) is 3.34. The van der Waals surface area contributed by atoms with Crippen molar-refractivity contribution in [3.8, 4) is 0 Å². The Kier molecular flexibility index (Phi) is 5.86. The molecule has 1 saturated carbocycles. The molecule has 2 nitrogen and oxygen atoms in total. The molecule has 108 valence electrons. The smallest absolute Gasteiger partial charge is 0.0334 e. The van der Waals surface area contributed by atoms with E-state index in [-0.39, 0.29) is 0 Å². The largest absolute Gasteiger partial charge is 0.312 e. The highest BCUT2D eigenvalue weighted by molar-refractivity contribution is 7.09. The van der Waals surface area contributed by atoms with E-state index >= 15 is 0 Å². The Morgan fingerprint density at radius 2 is 2.21 bits per heavy atom. The monoisotopic (exact) mass is 280 g/mol. The Morgan fingerprint density at radius 1 is 1.42 bits per heavy atom. The first kappa shape index (κ1) is 15.0. The van der Waals surface area contributed by atoms with E-state index < -0.39 is 0 Å². The minimum Gasteiger partial charge on any atom is -0.312 e. The second-order valence-electron chi connectivity index (χ2n) is 5.97. The highest BCUT2D eigenvalue weighted by Crippen LogP contribution is 2.21. The molecular weight excluding hydrogens is 252 g/mol. The van der Waals surface area contributed by atoms with Crippen molar-refractivity contribution in [2.45, 2.75) is 71.1 Å². The Bertz CT molecular complexity index is 344. The van der Waals surface area contributed by atoms with Gasteiger partial charge in [-0.3, -0.25) is 4.90 Å². The molecule has 0 aliphatic heterocycles. The Labute approximate surface area is 122 Å². The van der Waals surface area contributed by atoms with E-state index in [9.17, 15) is 0 Å². The molecule has 1 aromatic rings. The second-order valence-corrected chi connectivity index (χ2v) is 7.00. The number of hydrogen-bond donors (Lipinski definition) is 1. The summed E-state index contributed by atoms with van der Waals surface area (Å²) < 4.78 is 0. The van der Waals surface area contributed by atoms with Crippen molar-refractivity contribution in [3.05, 3.63) is 22.4 Å². The number of nitrogens with one attached hydrogen (secondary N) is 1. The Hall–Kier alpha value is -0.380. The van der Waals surface area contributed by atoms with Crippen LogP contribution in [0.5, 0.6) is 0 Å². The van der Waals surface area contributed by atoms with Crippen LogP contribution in [0.15, 0.2) is 17.5 Å². The summed E-state index contributed by atoms with van der Waals surface area (Å²) in [6.07, 6.45) is 5.32. The van der Waals surface area contributed by atoms with Gasteiger partial charge in [0.05, 0.1) is 0 Å². The molecule has 1 heterocycles. The predicted molar refractivity (Wildman–Crippen MR) is 84.7 cm³/mol. The van der Waals surface area contributed by atoms with Crippen molar-refractivity contribution < 1.29 is 0 Å². The van der Waals surface area contributed by atoms with Crippen molar-refractivity contribution >= 4 is 11.3 Å². The van der Waals surface area contributed by atoms with Crippen LogP contribution in [0.3, 0.4) is 0 Å². The second kappa shape index (κ2) is 7.41. The van der Waals surface area contributed by atoms with Gasteiger partial charge in [0.2, 0.25) is 0 Å². The van der Waals surface area contributed by atoms with Gasteiger partial charge in [0.25, 0.3) is 0 Å². The number of nitrogens with zero attached hydrogens (tertiary/aromatic N) is 1. The lowest BCUT2D eigenvalue weighted by molar-refractivity contribution is 0.134. The molecule has 1 atom stereocenters. The van der Waals surface area contributed by atoms with Gasteiger partial charge in [0, 0.05) is 36.1 Å². The average molecular weight is 280 g/mol. The Morgan fingerprint density at radius 3 is 2.74 bits per heavy atom. The van der Waals surface area contributed by atoms with Gasteiger partial charge in [0.15, 0.2) is 0 Å². The molecule has 2 rings (SSSR count). The maximum Gasteiger partial charge on any atom is 0.0334 e. The molecule has 0 amide bonds. The third-order valence-corrected chi connectivity index (χ3v) is 4.75. The van der Waals surface area contributed by atoms with Crippen LogP contribution >= 0.6 is 11.3 Å². The van der Waals surface area contributed by atoms with Crippen LogP contribution in [0.25, 0.3) is 0 Å². The average Bonchev–Trinajstić information content (AvgIpc) is 3.06. The van der Waals surface area contributed by atoms with Crippen LogP contribution < -0.4 is 5.32 Å². The van der Waals surface area contributed by atoms with Crippen molar-refractivity contribution in [2.75, 3.05) is 6.54 Å². The molecule has 1 unspecified atom stereocenters. The van der Waals surface area contributed by atoms with Crippen molar-refractivity contribution in [2.24, 2.45) is 0 Å². The molecule has 1 aliphatic carbocycles.